The molecule has 0 radical (unpaired) electrons. The van der Waals surface area contributed by atoms with Crippen LogP contribution in [0.5, 0.6) is 0 Å². The number of benzene rings is 2. The van der Waals surface area contributed by atoms with E-state index in [9.17, 15) is 9.59 Å². The van der Waals surface area contributed by atoms with Crippen LogP contribution in [0.4, 0.5) is 11.4 Å². The average molecular weight is 439 g/mol. The lowest BCUT2D eigenvalue weighted by molar-refractivity contribution is -0.121. The largest absolute Gasteiger partial charge is 0.325 e. The highest BCUT2D eigenvalue weighted by atomic mass is 35.5. The number of halogens is 1. The van der Waals surface area contributed by atoms with Gasteiger partial charge in [0.25, 0.3) is 0 Å². The van der Waals surface area contributed by atoms with E-state index in [1.54, 1.807) is 0 Å². The van der Waals surface area contributed by atoms with Gasteiger partial charge in [-0.15, -0.1) is 0 Å². The summed E-state index contributed by atoms with van der Waals surface area (Å²) in [7, 11) is 0. The number of hydrogen-bond donors (Lipinski definition) is 1. The summed E-state index contributed by atoms with van der Waals surface area (Å²) in [6.45, 7) is 5.09. The molecule has 0 spiro atoms. The van der Waals surface area contributed by atoms with Gasteiger partial charge in [-0.2, -0.15) is 0 Å². The molecule has 31 heavy (non-hydrogen) atoms. The number of rotatable bonds is 6. The van der Waals surface area contributed by atoms with Crippen molar-refractivity contribution in [3.05, 3.63) is 58.6 Å². The van der Waals surface area contributed by atoms with Crippen molar-refractivity contribution < 1.29 is 9.59 Å². The Hall–Kier alpha value is -2.33. The first-order valence-corrected chi connectivity index (χ1v) is 11.8. The van der Waals surface area contributed by atoms with E-state index >= 15 is 0 Å². The van der Waals surface area contributed by atoms with Crippen LogP contribution < -0.4 is 10.2 Å². The van der Waals surface area contributed by atoms with E-state index in [1.807, 2.05) is 47.4 Å². The number of carbonyl (C=O) groups excluding carboxylic acids is 2. The lowest BCUT2D eigenvalue weighted by Gasteiger charge is -2.31. The Morgan fingerprint density at radius 1 is 1.10 bits per heavy atom. The Morgan fingerprint density at radius 3 is 2.48 bits per heavy atom. The highest BCUT2D eigenvalue weighted by Crippen LogP contribution is 2.42. The van der Waals surface area contributed by atoms with Crippen LogP contribution in [0.15, 0.2) is 42.5 Å². The van der Waals surface area contributed by atoms with Gasteiger partial charge in [0.05, 0.1) is 5.41 Å². The molecule has 1 saturated carbocycles. The number of carbonyl (C=O) groups is 2. The molecule has 2 aromatic rings. The van der Waals surface area contributed by atoms with Gasteiger partial charge in [0.1, 0.15) is 0 Å². The topological polar surface area (TPSA) is 49.4 Å². The average Bonchev–Trinajstić information content (AvgIpc) is 3.25. The van der Waals surface area contributed by atoms with Crippen molar-refractivity contribution in [1.82, 2.24) is 0 Å². The predicted molar refractivity (Wildman–Crippen MR) is 127 cm³/mol. The summed E-state index contributed by atoms with van der Waals surface area (Å²) < 4.78 is 0. The van der Waals surface area contributed by atoms with Crippen molar-refractivity contribution in [3.63, 3.8) is 0 Å². The Labute approximate surface area is 190 Å². The standard InChI is InChI=1S/C26H31ClN2O2/c1-18(2)13-16-29-23-11-10-22(17-19(23)5-12-24(29)30)28-25(31)26(14-3-4-15-26)20-6-8-21(27)9-7-20/h6-11,17-18H,3-5,12-16H2,1-2H3,(H,28,31). The highest BCUT2D eigenvalue weighted by molar-refractivity contribution is 6.30. The van der Waals surface area contributed by atoms with Crippen LogP contribution in [0.2, 0.25) is 5.02 Å². The molecule has 4 nitrogen and oxygen atoms in total. The van der Waals surface area contributed by atoms with Gasteiger partial charge in [0, 0.05) is 29.4 Å². The number of nitrogens with zero attached hydrogens (tertiary/aromatic N) is 1. The number of aryl methyl sites for hydroxylation is 1. The molecule has 0 saturated heterocycles. The molecule has 1 aliphatic heterocycles. The van der Waals surface area contributed by atoms with Gasteiger partial charge in [-0.05, 0) is 73.1 Å². The fourth-order valence-electron chi connectivity index (χ4n) is 4.92. The molecule has 1 N–H and O–H groups in total. The van der Waals surface area contributed by atoms with Crippen molar-refractivity contribution in [2.24, 2.45) is 5.92 Å². The van der Waals surface area contributed by atoms with Gasteiger partial charge >= 0.3 is 0 Å². The third kappa shape index (κ3) is 4.50. The van der Waals surface area contributed by atoms with Crippen LogP contribution in [0, 0.1) is 5.92 Å². The maximum Gasteiger partial charge on any atom is 0.235 e. The molecule has 1 heterocycles. The SMILES string of the molecule is CC(C)CCN1C(=O)CCc2cc(NC(=O)C3(c4ccc(Cl)cc4)CCCC3)ccc21. The van der Waals surface area contributed by atoms with Crippen LogP contribution in [0.1, 0.15) is 63.5 Å². The van der Waals surface area contributed by atoms with Crippen molar-refractivity contribution >= 4 is 34.8 Å². The van der Waals surface area contributed by atoms with Gasteiger partial charge < -0.3 is 10.2 Å². The van der Waals surface area contributed by atoms with Crippen molar-refractivity contribution in [1.29, 1.82) is 0 Å². The molecule has 4 rings (SSSR count). The lowest BCUT2D eigenvalue weighted by Crippen LogP contribution is -2.38. The number of fused-ring (bicyclic) bond motifs is 1. The maximum atomic E-state index is 13.5. The second kappa shape index (κ2) is 9.04. The van der Waals surface area contributed by atoms with Crippen LogP contribution in [-0.4, -0.2) is 18.4 Å². The second-order valence-electron chi connectivity index (χ2n) is 9.32. The molecule has 1 fully saturated rings. The number of hydrogen-bond acceptors (Lipinski definition) is 2. The van der Waals surface area contributed by atoms with E-state index in [0.29, 0.717) is 17.4 Å². The van der Waals surface area contributed by atoms with Crippen LogP contribution in [0.3, 0.4) is 0 Å². The summed E-state index contributed by atoms with van der Waals surface area (Å²) in [5.41, 5.74) is 3.47. The van der Waals surface area contributed by atoms with Gasteiger partial charge in [-0.3, -0.25) is 9.59 Å². The zero-order chi connectivity index (χ0) is 22.0. The van der Waals surface area contributed by atoms with Crippen LogP contribution in [-0.2, 0) is 21.4 Å². The number of amides is 2. The first-order valence-electron chi connectivity index (χ1n) is 11.4. The molecule has 0 unspecified atom stereocenters. The second-order valence-corrected chi connectivity index (χ2v) is 9.76. The fourth-order valence-corrected chi connectivity index (χ4v) is 5.04. The first kappa shape index (κ1) is 21.9. The van der Waals surface area contributed by atoms with E-state index in [4.69, 9.17) is 11.6 Å². The summed E-state index contributed by atoms with van der Waals surface area (Å²) in [5.74, 6) is 0.792. The molecule has 164 valence electrons. The monoisotopic (exact) mass is 438 g/mol. The van der Waals surface area contributed by atoms with Crippen LogP contribution >= 0.6 is 11.6 Å². The van der Waals surface area contributed by atoms with E-state index in [2.05, 4.69) is 19.2 Å². The number of anilines is 2. The fraction of sp³-hybridized carbons (Fsp3) is 0.462. The molecule has 0 atom stereocenters. The molecule has 5 heteroatoms. The van der Waals surface area contributed by atoms with E-state index in [-0.39, 0.29) is 11.8 Å². The van der Waals surface area contributed by atoms with E-state index < -0.39 is 5.41 Å². The molecule has 0 aromatic heterocycles. The minimum absolute atomic E-state index is 0.0517. The minimum atomic E-state index is -0.500. The first-order chi connectivity index (χ1) is 14.9. The Bertz CT molecular complexity index is 962. The third-order valence-corrected chi connectivity index (χ3v) is 7.01. The molecule has 2 aliphatic rings. The van der Waals surface area contributed by atoms with Crippen molar-refractivity contribution in [2.75, 3.05) is 16.8 Å². The zero-order valence-electron chi connectivity index (χ0n) is 18.4. The third-order valence-electron chi connectivity index (χ3n) is 6.76. The van der Waals surface area contributed by atoms with Gasteiger partial charge in [0.2, 0.25) is 11.8 Å². The predicted octanol–water partition coefficient (Wildman–Crippen LogP) is 6.12. The molecular weight excluding hydrogens is 408 g/mol. The van der Waals surface area contributed by atoms with E-state index in [0.717, 1.165) is 67.6 Å². The summed E-state index contributed by atoms with van der Waals surface area (Å²) in [5, 5.41) is 3.87. The van der Waals surface area contributed by atoms with E-state index in [1.165, 1.54) is 0 Å². The minimum Gasteiger partial charge on any atom is -0.325 e. The van der Waals surface area contributed by atoms with Gasteiger partial charge in [0.15, 0.2) is 0 Å². The van der Waals surface area contributed by atoms with Crippen LogP contribution in [0.25, 0.3) is 0 Å². The van der Waals surface area contributed by atoms with Gasteiger partial charge in [-0.1, -0.05) is 50.4 Å². The maximum absolute atomic E-state index is 13.5. The number of nitrogens with one attached hydrogen (secondary N) is 1. The molecule has 0 bridgehead atoms. The molecule has 2 aromatic carbocycles. The van der Waals surface area contributed by atoms with Gasteiger partial charge in [-0.25, -0.2) is 0 Å². The zero-order valence-corrected chi connectivity index (χ0v) is 19.2. The Kier molecular flexibility index (Phi) is 6.38. The highest BCUT2D eigenvalue weighted by Gasteiger charge is 2.42. The molecule has 2 amide bonds. The molecule has 1 aliphatic carbocycles. The quantitative estimate of drug-likeness (QED) is 0.590. The molecular formula is C26H31ClN2O2. The summed E-state index contributed by atoms with van der Waals surface area (Å²) in [4.78, 5) is 27.9. The smallest absolute Gasteiger partial charge is 0.235 e. The summed E-state index contributed by atoms with van der Waals surface area (Å²) >= 11 is 6.07. The Morgan fingerprint density at radius 2 is 1.81 bits per heavy atom. The van der Waals surface area contributed by atoms with Crippen molar-refractivity contribution in [3.8, 4) is 0 Å². The summed E-state index contributed by atoms with van der Waals surface area (Å²) in [6, 6.07) is 13.7. The Balaban J connectivity index is 1.56. The lowest BCUT2D eigenvalue weighted by atomic mass is 9.78. The summed E-state index contributed by atoms with van der Waals surface area (Å²) in [6.07, 6.45) is 6.02. The van der Waals surface area contributed by atoms with Crippen molar-refractivity contribution in [2.45, 2.75) is 64.2 Å². The normalized spacial score (nSPS) is 17.7.